The highest BCUT2D eigenvalue weighted by atomic mass is 32.1. The number of ketones is 1. The number of rotatable bonds is 3. The van der Waals surface area contributed by atoms with Crippen LogP contribution in [0, 0.1) is 0 Å². The average Bonchev–Trinajstić information content (AvgIpc) is 3.29. The van der Waals surface area contributed by atoms with Gasteiger partial charge >= 0.3 is 0 Å². The van der Waals surface area contributed by atoms with Crippen LogP contribution in [0.1, 0.15) is 5.56 Å². The van der Waals surface area contributed by atoms with E-state index in [1.165, 1.54) is 41.4 Å². The third-order valence-electron chi connectivity index (χ3n) is 3.72. The minimum absolute atomic E-state index is 0.152. The molecule has 1 aliphatic carbocycles. The van der Waals surface area contributed by atoms with Gasteiger partial charge in [-0.15, -0.1) is 5.10 Å². The van der Waals surface area contributed by atoms with Crippen molar-refractivity contribution < 1.29 is 13.9 Å². The predicted octanol–water partition coefficient (Wildman–Crippen LogP) is 2.05. The van der Waals surface area contributed by atoms with Crippen molar-refractivity contribution in [1.82, 2.24) is 14.6 Å². The lowest BCUT2D eigenvalue weighted by Gasteiger charge is -2.08. The molecule has 0 amide bonds. The van der Waals surface area contributed by atoms with Crippen molar-refractivity contribution in [3.8, 4) is 10.8 Å². The summed E-state index contributed by atoms with van der Waals surface area (Å²) in [6, 6.07) is 3.50. The number of allylic oxidation sites excluding steroid dienone is 4. The standard InChI is InChI=1S/C17H12N4O4S/c1-24-13-8-9(4-5-11(13)22)7-10-14(18)21-17(19-15(10)23)26-16(20-21)12-3-2-6-25-12/h2-8H,18H2,1H3/b9-7-. The first-order valence-electron chi connectivity index (χ1n) is 7.50. The van der Waals surface area contributed by atoms with E-state index in [-0.39, 0.29) is 22.9 Å². The lowest BCUT2D eigenvalue weighted by Crippen LogP contribution is -2.17. The summed E-state index contributed by atoms with van der Waals surface area (Å²) < 4.78 is 11.7. The fourth-order valence-electron chi connectivity index (χ4n) is 2.46. The molecule has 0 atom stereocenters. The molecule has 9 heteroatoms. The van der Waals surface area contributed by atoms with E-state index >= 15 is 0 Å². The Morgan fingerprint density at radius 1 is 1.35 bits per heavy atom. The van der Waals surface area contributed by atoms with Crippen LogP contribution in [0.25, 0.3) is 21.8 Å². The molecule has 4 rings (SSSR count). The van der Waals surface area contributed by atoms with Crippen LogP contribution in [0.15, 0.2) is 57.2 Å². The first-order valence-corrected chi connectivity index (χ1v) is 8.31. The van der Waals surface area contributed by atoms with E-state index in [1.54, 1.807) is 24.3 Å². The lowest BCUT2D eigenvalue weighted by atomic mass is 10.0. The number of carbonyl (C=O) groups is 1. The van der Waals surface area contributed by atoms with Gasteiger partial charge in [-0.3, -0.25) is 9.59 Å². The Labute approximate surface area is 150 Å². The molecule has 0 saturated carbocycles. The topological polar surface area (TPSA) is 113 Å². The van der Waals surface area contributed by atoms with Crippen LogP contribution in [-0.4, -0.2) is 27.5 Å². The first-order chi connectivity index (χ1) is 12.6. The summed E-state index contributed by atoms with van der Waals surface area (Å²) in [7, 11) is 1.41. The number of hydrogen-bond acceptors (Lipinski definition) is 8. The lowest BCUT2D eigenvalue weighted by molar-refractivity contribution is -0.114. The minimum atomic E-state index is -0.484. The number of anilines is 1. The van der Waals surface area contributed by atoms with Gasteiger partial charge in [0.25, 0.3) is 5.56 Å². The van der Waals surface area contributed by atoms with E-state index in [2.05, 4.69) is 10.1 Å². The fourth-order valence-corrected chi connectivity index (χ4v) is 3.32. The number of hydrogen-bond donors (Lipinski definition) is 1. The van der Waals surface area contributed by atoms with Crippen LogP contribution in [0.2, 0.25) is 0 Å². The maximum Gasteiger partial charge on any atom is 0.283 e. The monoisotopic (exact) mass is 368 g/mol. The molecular weight excluding hydrogens is 356 g/mol. The Balaban J connectivity index is 1.85. The van der Waals surface area contributed by atoms with Gasteiger partial charge in [-0.1, -0.05) is 17.4 Å². The van der Waals surface area contributed by atoms with E-state index in [0.717, 1.165) is 0 Å². The number of ether oxygens (including phenoxy) is 1. The number of nitrogens with two attached hydrogens (primary N) is 1. The van der Waals surface area contributed by atoms with Gasteiger partial charge in [-0.25, -0.2) is 0 Å². The van der Waals surface area contributed by atoms with Gasteiger partial charge in [-0.2, -0.15) is 9.50 Å². The van der Waals surface area contributed by atoms with Crippen molar-refractivity contribution in [3.63, 3.8) is 0 Å². The smallest absolute Gasteiger partial charge is 0.283 e. The Bertz CT molecular complexity index is 1170. The van der Waals surface area contributed by atoms with Crippen molar-refractivity contribution >= 4 is 34.0 Å². The molecule has 0 spiro atoms. The van der Waals surface area contributed by atoms with Gasteiger partial charge in [0.1, 0.15) is 5.82 Å². The fraction of sp³-hybridized carbons (Fsp3) is 0.0588. The van der Waals surface area contributed by atoms with Gasteiger partial charge in [-0.05, 0) is 35.9 Å². The Hall–Kier alpha value is -3.46. The molecular formula is C17H12N4O4S. The Morgan fingerprint density at radius 2 is 2.19 bits per heavy atom. The molecule has 1 aliphatic rings. The highest BCUT2D eigenvalue weighted by molar-refractivity contribution is 7.19. The summed E-state index contributed by atoms with van der Waals surface area (Å²) >= 11 is 1.20. The predicted molar refractivity (Wildman–Crippen MR) is 96.5 cm³/mol. The summed E-state index contributed by atoms with van der Waals surface area (Å²) in [5.41, 5.74) is 6.43. The van der Waals surface area contributed by atoms with Crippen LogP contribution >= 0.6 is 11.3 Å². The SMILES string of the molecule is COC1=C/C(=C\c2c(N)n3nc(-c4ccco4)sc3nc2=O)C=CC1=O. The number of furan rings is 1. The Kier molecular flexibility index (Phi) is 3.77. The first kappa shape index (κ1) is 16.0. The molecule has 0 fully saturated rings. The number of methoxy groups -OCH3 is 1. The Morgan fingerprint density at radius 3 is 2.92 bits per heavy atom. The second-order valence-electron chi connectivity index (χ2n) is 5.35. The quantitative estimate of drug-likeness (QED) is 0.753. The second-order valence-corrected chi connectivity index (χ2v) is 6.31. The summed E-state index contributed by atoms with van der Waals surface area (Å²) in [5, 5.41) is 4.92. The zero-order valence-electron chi connectivity index (χ0n) is 13.5. The van der Waals surface area contributed by atoms with E-state index in [9.17, 15) is 9.59 Å². The number of fused-ring (bicyclic) bond motifs is 1. The summed E-state index contributed by atoms with van der Waals surface area (Å²) in [6.45, 7) is 0. The summed E-state index contributed by atoms with van der Waals surface area (Å²) in [6.07, 6.45) is 7.56. The van der Waals surface area contributed by atoms with Gasteiger partial charge < -0.3 is 14.9 Å². The van der Waals surface area contributed by atoms with Crippen molar-refractivity contribution in [2.75, 3.05) is 12.8 Å². The number of carbonyl (C=O) groups excluding carboxylic acids is 1. The molecule has 0 unspecified atom stereocenters. The third kappa shape index (κ3) is 2.64. The third-order valence-corrected chi connectivity index (χ3v) is 4.65. The largest absolute Gasteiger partial charge is 0.493 e. The van der Waals surface area contributed by atoms with E-state index in [4.69, 9.17) is 14.9 Å². The van der Waals surface area contributed by atoms with Gasteiger partial charge in [0.2, 0.25) is 10.7 Å². The highest BCUT2D eigenvalue weighted by Gasteiger charge is 2.17. The molecule has 8 nitrogen and oxygen atoms in total. The maximum absolute atomic E-state index is 12.4. The molecule has 0 saturated heterocycles. The number of nitrogen functional groups attached to an aromatic ring is 1. The van der Waals surface area contributed by atoms with E-state index in [1.807, 2.05) is 0 Å². The number of nitrogens with zero attached hydrogens (tertiary/aromatic N) is 3. The van der Waals surface area contributed by atoms with E-state index in [0.29, 0.717) is 21.3 Å². The van der Waals surface area contributed by atoms with Crippen LogP contribution in [0.4, 0.5) is 5.82 Å². The highest BCUT2D eigenvalue weighted by Crippen LogP contribution is 2.27. The zero-order chi connectivity index (χ0) is 18.3. The maximum atomic E-state index is 12.4. The van der Waals surface area contributed by atoms with Crippen LogP contribution < -0.4 is 11.3 Å². The molecule has 130 valence electrons. The van der Waals surface area contributed by atoms with Crippen molar-refractivity contribution in [3.05, 3.63) is 63.9 Å². The van der Waals surface area contributed by atoms with Crippen molar-refractivity contribution in [2.24, 2.45) is 0 Å². The van der Waals surface area contributed by atoms with Crippen molar-refractivity contribution in [2.45, 2.75) is 0 Å². The summed E-state index contributed by atoms with van der Waals surface area (Å²) in [5.74, 6) is 0.651. The zero-order valence-corrected chi connectivity index (χ0v) is 14.3. The second kappa shape index (κ2) is 6.12. The van der Waals surface area contributed by atoms with E-state index < -0.39 is 5.56 Å². The van der Waals surface area contributed by atoms with Gasteiger partial charge in [0.15, 0.2) is 16.5 Å². The molecule has 3 heterocycles. The van der Waals surface area contributed by atoms with Gasteiger partial charge in [0.05, 0.1) is 18.9 Å². The molecule has 0 aromatic carbocycles. The number of aromatic nitrogens is 3. The normalized spacial score (nSPS) is 15.7. The van der Waals surface area contributed by atoms with Crippen LogP contribution in [0.5, 0.6) is 0 Å². The molecule has 0 bridgehead atoms. The molecule has 3 aromatic heterocycles. The molecule has 0 aliphatic heterocycles. The van der Waals surface area contributed by atoms with Gasteiger partial charge in [0, 0.05) is 0 Å². The summed E-state index contributed by atoms with van der Waals surface area (Å²) in [4.78, 5) is 28.4. The van der Waals surface area contributed by atoms with Crippen molar-refractivity contribution in [1.29, 1.82) is 0 Å². The van der Waals surface area contributed by atoms with Crippen LogP contribution in [0.3, 0.4) is 0 Å². The van der Waals surface area contributed by atoms with Crippen LogP contribution in [-0.2, 0) is 9.53 Å². The molecule has 0 radical (unpaired) electrons. The minimum Gasteiger partial charge on any atom is -0.493 e. The molecule has 26 heavy (non-hydrogen) atoms. The average molecular weight is 368 g/mol. The molecule has 2 N–H and O–H groups in total. The molecule has 3 aromatic rings.